The van der Waals surface area contributed by atoms with Gasteiger partial charge < -0.3 is 4.90 Å². The first kappa shape index (κ1) is 15.5. The van der Waals surface area contributed by atoms with Gasteiger partial charge in [0.2, 0.25) is 10.9 Å². The number of nitrogens with zero attached hydrogens (tertiary/aromatic N) is 2. The summed E-state index contributed by atoms with van der Waals surface area (Å²) in [6, 6.07) is 2.28. The van der Waals surface area contributed by atoms with Crippen LogP contribution in [-0.2, 0) is 14.8 Å². The molecule has 0 fully saturated rings. The highest BCUT2D eigenvalue weighted by Crippen LogP contribution is 2.09. The van der Waals surface area contributed by atoms with Crippen molar-refractivity contribution in [3.05, 3.63) is 24.1 Å². The molecule has 1 N–H and O–H groups in total. The smallest absolute Gasteiger partial charge is 0.261 e. The highest BCUT2D eigenvalue weighted by molar-refractivity contribution is 7.89. The van der Waals surface area contributed by atoms with Gasteiger partial charge in [-0.1, -0.05) is 0 Å². The lowest BCUT2D eigenvalue weighted by atomic mass is 10.4. The molecule has 0 unspecified atom stereocenters. The van der Waals surface area contributed by atoms with Gasteiger partial charge in [-0.2, -0.15) is 0 Å². The zero-order valence-corrected chi connectivity index (χ0v) is 11.6. The van der Waals surface area contributed by atoms with E-state index in [1.54, 1.807) is 13.8 Å². The molecule has 0 spiro atoms. The van der Waals surface area contributed by atoms with Gasteiger partial charge in [-0.3, -0.25) is 4.79 Å². The molecule has 1 heterocycles. The van der Waals surface area contributed by atoms with Crippen molar-refractivity contribution in [2.75, 3.05) is 19.6 Å². The average molecular weight is 289 g/mol. The van der Waals surface area contributed by atoms with Gasteiger partial charge in [0.1, 0.15) is 0 Å². The molecule has 8 heteroatoms. The molecule has 0 aliphatic heterocycles. The van der Waals surface area contributed by atoms with Crippen LogP contribution in [0, 0.1) is 5.82 Å². The summed E-state index contributed by atoms with van der Waals surface area (Å²) in [4.78, 5) is 16.6. The molecule has 0 saturated heterocycles. The standard InChI is InChI=1S/C11H16FN3O3S/c1-3-15(4-2)10(16)8-14-19(17,18)11-9(12)6-5-7-13-11/h5-7,14H,3-4,8H2,1-2H3. The van der Waals surface area contributed by atoms with E-state index in [-0.39, 0.29) is 5.91 Å². The second-order valence-corrected chi connectivity index (χ2v) is 5.36. The fraction of sp³-hybridized carbons (Fsp3) is 0.455. The summed E-state index contributed by atoms with van der Waals surface area (Å²) in [6.45, 7) is 4.12. The minimum absolute atomic E-state index is 0.370. The Labute approximate surface area is 111 Å². The van der Waals surface area contributed by atoms with Crippen LogP contribution in [0.1, 0.15) is 13.8 Å². The van der Waals surface area contributed by atoms with E-state index in [1.165, 1.54) is 17.2 Å². The van der Waals surface area contributed by atoms with E-state index in [4.69, 9.17) is 0 Å². The quantitative estimate of drug-likeness (QED) is 0.820. The van der Waals surface area contributed by atoms with Crippen LogP contribution < -0.4 is 4.72 Å². The van der Waals surface area contributed by atoms with Crippen molar-refractivity contribution in [2.24, 2.45) is 0 Å². The zero-order chi connectivity index (χ0) is 14.5. The van der Waals surface area contributed by atoms with E-state index in [9.17, 15) is 17.6 Å². The molecule has 6 nitrogen and oxygen atoms in total. The Morgan fingerprint density at radius 1 is 1.42 bits per heavy atom. The van der Waals surface area contributed by atoms with Crippen LogP contribution in [0.3, 0.4) is 0 Å². The van der Waals surface area contributed by atoms with Crippen LogP contribution in [0.15, 0.2) is 23.4 Å². The molecular weight excluding hydrogens is 273 g/mol. The van der Waals surface area contributed by atoms with Gasteiger partial charge in [0.25, 0.3) is 10.0 Å². The van der Waals surface area contributed by atoms with Crippen LogP contribution in [0.5, 0.6) is 0 Å². The number of carbonyl (C=O) groups is 1. The van der Waals surface area contributed by atoms with Crippen molar-refractivity contribution in [1.82, 2.24) is 14.6 Å². The monoisotopic (exact) mass is 289 g/mol. The molecule has 1 rings (SSSR count). The number of halogens is 1. The van der Waals surface area contributed by atoms with Crippen molar-refractivity contribution >= 4 is 15.9 Å². The lowest BCUT2D eigenvalue weighted by Gasteiger charge is -2.18. The summed E-state index contributed by atoms with van der Waals surface area (Å²) >= 11 is 0. The molecule has 0 aliphatic carbocycles. The molecule has 1 aromatic rings. The van der Waals surface area contributed by atoms with E-state index < -0.39 is 27.4 Å². The van der Waals surface area contributed by atoms with Crippen LogP contribution in [-0.4, -0.2) is 43.8 Å². The van der Waals surface area contributed by atoms with Crippen LogP contribution in [0.25, 0.3) is 0 Å². The third-order valence-corrected chi connectivity index (χ3v) is 3.84. The lowest BCUT2D eigenvalue weighted by Crippen LogP contribution is -2.40. The largest absolute Gasteiger partial charge is 0.342 e. The third-order valence-electron chi connectivity index (χ3n) is 2.51. The number of pyridine rings is 1. The number of nitrogens with one attached hydrogen (secondary N) is 1. The van der Waals surface area contributed by atoms with Crippen molar-refractivity contribution in [2.45, 2.75) is 18.9 Å². The van der Waals surface area contributed by atoms with Crippen molar-refractivity contribution < 1.29 is 17.6 Å². The zero-order valence-electron chi connectivity index (χ0n) is 10.8. The maximum absolute atomic E-state index is 13.3. The average Bonchev–Trinajstić information content (AvgIpc) is 2.38. The van der Waals surface area contributed by atoms with Gasteiger partial charge >= 0.3 is 0 Å². The highest BCUT2D eigenvalue weighted by Gasteiger charge is 2.22. The van der Waals surface area contributed by atoms with Gasteiger partial charge in [0.15, 0.2) is 5.82 Å². The summed E-state index contributed by atoms with van der Waals surface area (Å²) in [5.41, 5.74) is 0. The summed E-state index contributed by atoms with van der Waals surface area (Å²) in [5.74, 6) is -1.32. The molecule has 0 bridgehead atoms. The second-order valence-electron chi connectivity index (χ2n) is 3.68. The number of amides is 1. The SMILES string of the molecule is CCN(CC)C(=O)CNS(=O)(=O)c1ncccc1F. The number of sulfonamides is 1. The fourth-order valence-electron chi connectivity index (χ4n) is 1.48. The molecule has 0 atom stereocenters. The van der Waals surface area contributed by atoms with Gasteiger partial charge in [-0.15, -0.1) is 0 Å². The number of hydrogen-bond donors (Lipinski definition) is 1. The topological polar surface area (TPSA) is 79.4 Å². The molecule has 0 radical (unpaired) electrons. The molecule has 1 amide bonds. The Balaban J connectivity index is 2.77. The predicted molar refractivity (Wildman–Crippen MR) is 67.3 cm³/mol. The minimum atomic E-state index is -4.12. The maximum Gasteiger partial charge on any atom is 0.261 e. The van der Waals surface area contributed by atoms with Gasteiger partial charge in [-0.05, 0) is 26.0 Å². The van der Waals surface area contributed by atoms with Crippen molar-refractivity contribution in [3.8, 4) is 0 Å². The van der Waals surface area contributed by atoms with E-state index in [1.807, 2.05) is 4.72 Å². The van der Waals surface area contributed by atoms with E-state index in [2.05, 4.69) is 4.98 Å². The molecule has 106 valence electrons. The highest BCUT2D eigenvalue weighted by atomic mass is 32.2. The molecular formula is C11H16FN3O3S. The number of likely N-dealkylation sites (N-methyl/N-ethyl adjacent to an activating group) is 1. The van der Waals surface area contributed by atoms with E-state index in [0.29, 0.717) is 13.1 Å². The van der Waals surface area contributed by atoms with Crippen LogP contribution >= 0.6 is 0 Å². The Hall–Kier alpha value is -1.54. The van der Waals surface area contributed by atoms with Gasteiger partial charge in [0, 0.05) is 19.3 Å². The Morgan fingerprint density at radius 2 is 2.05 bits per heavy atom. The van der Waals surface area contributed by atoms with Gasteiger partial charge in [0.05, 0.1) is 6.54 Å². The van der Waals surface area contributed by atoms with E-state index in [0.717, 1.165) is 6.07 Å². The van der Waals surface area contributed by atoms with Gasteiger partial charge in [-0.25, -0.2) is 22.5 Å². The Bertz CT molecular complexity index is 544. The Kier molecular flexibility index (Phi) is 5.37. The maximum atomic E-state index is 13.3. The first-order chi connectivity index (χ1) is 8.92. The predicted octanol–water partition coefficient (Wildman–Crippen LogP) is 0.367. The Morgan fingerprint density at radius 3 is 2.58 bits per heavy atom. The summed E-state index contributed by atoms with van der Waals surface area (Å²) in [6.07, 6.45) is 1.17. The van der Waals surface area contributed by atoms with E-state index >= 15 is 0 Å². The number of hydrogen-bond acceptors (Lipinski definition) is 4. The first-order valence-corrected chi connectivity index (χ1v) is 7.28. The molecule has 19 heavy (non-hydrogen) atoms. The van der Waals surface area contributed by atoms with Crippen molar-refractivity contribution in [3.63, 3.8) is 0 Å². The van der Waals surface area contributed by atoms with Crippen molar-refractivity contribution in [1.29, 1.82) is 0 Å². The normalized spacial score (nSPS) is 11.3. The van der Waals surface area contributed by atoms with Crippen LogP contribution in [0.2, 0.25) is 0 Å². The summed E-state index contributed by atoms with van der Waals surface area (Å²) in [7, 11) is -4.12. The number of aromatic nitrogens is 1. The molecule has 1 aromatic heterocycles. The molecule has 0 aromatic carbocycles. The summed E-state index contributed by atoms with van der Waals surface area (Å²) < 4.78 is 38.9. The minimum Gasteiger partial charge on any atom is -0.342 e. The fourth-order valence-corrected chi connectivity index (χ4v) is 2.46. The summed E-state index contributed by atoms with van der Waals surface area (Å²) in [5, 5.41) is -0.706. The second kappa shape index (κ2) is 6.58. The number of rotatable bonds is 6. The molecule has 0 saturated carbocycles. The molecule has 0 aliphatic rings. The first-order valence-electron chi connectivity index (χ1n) is 5.80. The third kappa shape index (κ3) is 3.97. The van der Waals surface area contributed by atoms with Crippen LogP contribution in [0.4, 0.5) is 4.39 Å². The lowest BCUT2D eigenvalue weighted by molar-refractivity contribution is -0.129. The number of carbonyl (C=O) groups excluding carboxylic acids is 1.